The van der Waals surface area contributed by atoms with Crippen molar-refractivity contribution < 1.29 is 4.74 Å². The van der Waals surface area contributed by atoms with Crippen molar-refractivity contribution in [3.63, 3.8) is 0 Å². The van der Waals surface area contributed by atoms with Crippen molar-refractivity contribution in [1.82, 2.24) is 10.2 Å². The maximum Gasteiger partial charge on any atom is 0.194 e. The van der Waals surface area contributed by atoms with Gasteiger partial charge in [0.2, 0.25) is 0 Å². The zero-order valence-corrected chi connectivity index (χ0v) is 16.3. The van der Waals surface area contributed by atoms with Crippen LogP contribution >= 0.6 is 11.8 Å². The number of benzene rings is 1. The topological polar surface area (TPSA) is 36.9 Å². The fraction of sp³-hybridized carbons (Fsp3) is 0.632. The number of hydrogen-bond donors (Lipinski definition) is 1. The van der Waals surface area contributed by atoms with E-state index in [0.29, 0.717) is 0 Å². The summed E-state index contributed by atoms with van der Waals surface area (Å²) in [4.78, 5) is 7.18. The van der Waals surface area contributed by atoms with E-state index in [1.807, 2.05) is 11.8 Å². The van der Waals surface area contributed by atoms with Gasteiger partial charge in [-0.2, -0.15) is 11.8 Å². The molecule has 0 aliphatic carbocycles. The van der Waals surface area contributed by atoms with Crippen molar-refractivity contribution in [3.8, 4) is 0 Å². The molecule has 134 valence electrons. The molecule has 1 saturated heterocycles. The third kappa shape index (κ3) is 5.15. The van der Waals surface area contributed by atoms with E-state index >= 15 is 0 Å². The lowest BCUT2D eigenvalue weighted by Crippen LogP contribution is -2.41. The number of rotatable bonds is 6. The van der Waals surface area contributed by atoms with Crippen LogP contribution in [0.25, 0.3) is 0 Å². The maximum atomic E-state index is 5.53. The van der Waals surface area contributed by atoms with Crippen LogP contribution in [0.3, 0.4) is 0 Å². The standard InChI is InChI=1S/C19H31N3OS/c1-5-20-18(21-15-19(24-4)10-12-23-13-11-19)22(3)14-17-9-7-6-8-16(17)2/h6-9H,5,10-15H2,1-4H3,(H,20,21). The lowest BCUT2D eigenvalue weighted by atomic mass is 9.99. The van der Waals surface area contributed by atoms with E-state index in [2.05, 4.69) is 61.6 Å². The fourth-order valence-corrected chi connectivity index (χ4v) is 3.75. The summed E-state index contributed by atoms with van der Waals surface area (Å²) < 4.78 is 5.76. The van der Waals surface area contributed by atoms with Gasteiger partial charge in [0.05, 0.1) is 6.54 Å². The predicted octanol–water partition coefficient (Wildman–Crippen LogP) is 3.30. The number of nitrogens with zero attached hydrogens (tertiary/aromatic N) is 2. The third-order valence-electron chi connectivity index (χ3n) is 4.72. The first-order valence-corrected chi connectivity index (χ1v) is 9.99. The summed E-state index contributed by atoms with van der Waals surface area (Å²) in [6.45, 7) is 8.59. The van der Waals surface area contributed by atoms with Crippen molar-refractivity contribution in [2.75, 3.05) is 39.6 Å². The summed E-state index contributed by atoms with van der Waals surface area (Å²) in [6, 6.07) is 8.55. The summed E-state index contributed by atoms with van der Waals surface area (Å²) in [6.07, 6.45) is 4.36. The minimum atomic E-state index is 0.225. The lowest BCUT2D eigenvalue weighted by molar-refractivity contribution is 0.0793. The summed E-state index contributed by atoms with van der Waals surface area (Å²) in [5.74, 6) is 0.987. The Kier molecular flexibility index (Phi) is 7.43. The van der Waals surface area contributed by atoms with Crippen molar-refractivity contribution in [2.45, 2.75) is 38.0 Å². The van der Waals surface area contributed by atoms with Crippen molar-refractivity contribution in [2.24, 2.45) is 4.99 Å². The molecule has 24 heavy (non-hydrogen) atoms. The summed E-state index contributed by atoms with van der Waals surface area (Å²) in [5, 5.41) is 3.44. The van der Waals surface area contributed by atoms with Crippen molar-refractivity contribution in [1.29, 1.82) is 0 Å². The van der Waals surface area contributed by atoms with Gasteiger partial charge in [0.1, 0.15) is 0 Å². The van der Waals surface area contributed by atoms with Crippen LogP contribution in [0.4, 0.5) is 0 Å². The highest BCUT2D eigenvalue weighted by Gasteiger charge is 2.31. The molecule has 1 aromatic rings. The van der Waals surface area contributed by atoms with E-state index in [1.165, 1.54) is 11.1 Å². The van der Waals surface area contributed by atoms with Crippen molar-refractivity contribution >= 4 is 17.7 Å². The average molecular weight is 350 g/mol. The first kappa shape index (κ1) is 19.1. The Morgan fingerprint density at radius 1 is 1.33 bits per heavy atom. The Morgan fingerprint density at radius 2 is 2.04 bits per heavy atom. The Labute approximate surface area is 151 Å². The molecule has 4 nitrogen and oxygen atoms in total. The number of aryl methyl sites for hydroxylation is 1. The Morgan fingerprint density at radius 3 is 2.67 bits per heavy atom. The van der Waals surface area contributed by atoms with Gasteiger partial charge in [0.25, 0.3) is 0 Å². The molecule has 0 spiro atoms. The van der Waals surface area contributed by atoms with Crippen LogP contribution in [0, 0.1) is 6.92 Å². The van der Waals surface area contributed by atoms with Gasteiger partial charge in [-0.3, -0.25) is 4.99 Å². The molecule has 1 aliphatic rings. The van der Waals surface area contributed by atoms with Crippen LogP contribution in [0.2, 0.25) is 0 Å². The highest BCUT2D eigenvalue weighted by molar-refractivity contribution is 8.00. The van der Waals surface area contributed by atoms with E-state index in [9.17, 15) is 0 Å². The lowest BCUT2D eigenvalue weighted by Gasteiger charge is -2.34. The number of hydrogen-bond acceptors (Lipinski definition) is 3. The number of thioether (sulfide) groups is 1. The van der Waals surface area contributed by atoms with Gasteiger partial charge in [0, 0.05) is 38.1 Å². The molecule has 1 aliphatic heterocycles. The van der Waals surface area contributed by atoms with Crippen LogP contribution in [-0.4, -0.2) is 55.2 Å². The first-order valence-electron chi connectivity index (χ1n) is 8.77. The highest BCUT2D eigenvalue weighted by atomic mass is 32.2. The Hall–Kier alpha value is -1.20. The summed E-state index contributed by atoms with van der Waals surface area (Å²) in [5.41, 5.74) is 2.67. The van der Waals surface area contributed by atoms with Gasteiger partial charge >= 0.3 is 0 Å². The summed E-state index contributed by atoms with van der Waals surface area (Å²) in [7, 11) is 2.11. The minimum Gasteiger partial charge on any atom is -0.381 e. The monoisotopic (exact) mass is 349 g/mol. The second kappa shape index (κ2) is 9.33. The fourth-order valence-electron chi connectivity index (χ4n) is 2.98. The van der Waals surface area contributed by atoms with E-state index in [0.717, 1.165) is 51.6 Å². The number of guanidine groups is 1. The van der Waals surface area contributed by atoms with Crippen LogP contribution in [0.1, 0.15) is 30.9 Å². The van der Waals surface area contributed by atoms with Gasteiger partial charge < -0.3 is 15.0 Å². The molecule has 1 heterocycles. The molecule has 0 aromatic heterocycles. The van der Waals surface area contributed by atoms with Crippen molar-refractivity contribution in [3.05, 3.63) is 35.4 Å². The largest absolute Gasteiger partial charge is 0.381 e. The minimum absolute atomic E-state index is 0.225. The molecule has 2 rings (SSSR count). The molecule has 5 heteroatoms. The highest BCUT2D eigenvalue weighted by Crippen LogP contribution is 2.34. The molecule has 0 atom stereocenters. The molecule has 1 fully saturated rings. The first-order chi connectivity index (χ1) is 11.6. The molecule has 0 bridgehead atoms. The zero-order chi connectivity index (χ0) is 17.4. The smallest absolute Gasteiger partial charge is 0.194 e. The van der Waals surface area contributed by atoms with Crippen LogP contribution < -0.4 is 5.32 Å². The molecule has 1 N–H and O–H groups in total. The number of aliphatic imine (C=N–C) groups is 1. The Balaban J connectivity index is 2.07. The molecule has 0 radical (unpaired) electrons. The zero-order valence-electron chi connectivity index (χ0n) is 15.5. The van der Waals surface area contributed by atoms with E-state index in [1.54, 1.807) is 0 Å². The van der Waals surface area contributed by atoms with E-state index < -0.39 is 0 Å². The van der Waals surface area contributed by atoms with Gasteiger partial charge in [-0.15, -0.1) is 0 Å². The molecule has 0 saturated carbocycles. The van der Waals surface area contributed by atoms with Gasteiger partial charge in [-0.25, -0.2) is 0 Å². The second-order valence-corrected chi connectivity index (χ2v) is 7.73. The summed E-state index contributed by atoms with van der Waals surface area (Å²) >= 11 is 1.94. The molecular weight excluding hydrogens is 318 g/mol. The van der Waals surface area contributed by atoms with E-state index in [-0.39, 0.29) is 4.75 Å². The van der Waals surface area contributed by atoms with Crippen LogP contribution in [0.5, 0.6) is 0 Å². The van der Waals surface area contributed by atoms with Crippen LogP contribution in [0.15, 0.2) is 29.3 Å². The van der Waals surface area contributed by atoms with Gasteiger partial charge in [-0.05, 0) is 44.1 Å². The predicted molar refractivity (Wildman–Crippen MR) is 105 cm³/mol. The molecular formula is C19H31N3OS. The molecule has 1 aromatic carbocycles. The maximum absolute atomic E-state index is 5.53. The van der Waals surface area contributed by atoms with Gasteiger partial charge in [-0.1, -0.05) is 24.3 Å². The average Bonchev–Trinajstić information content (AvgIpc) is 2.61. The molecule has 0 amide bonds. The quantitative estimate of drug-likeness (QED) is 0.631. The normalized spacial score (nSPS) is 17.6. The van der Waals surface area contributed by atoms with Crippen LogP contribution in [-0.2, 0) is 11.3 Å². The number of nitrogens with one attached hydrogen (secondary N) is 1. The SMILES string of the molecule is CCNC(=NCC1(SC)CCOCC1)N(C)Cc1ccccc1C. The van der Waals surface area contributed by atoms with E-state index in [4.69, 9.17) is 9.73 Å². The third-order valence-corrected chi connectivity index (χ3v) is 6.12. The second-order valence-electron chi connectivity index (χ2n) is 6.45. The Bertz CT molecular complexity index is 541. The van der Waals surface area contributed by atoms with Gasteiger partial charge in [0.15, 0.2) is 5.96 Å². The number of ether oxygens (including phenoxy) is 1. The molecule has 0 unspecified atom stereocenters.